The van der Waals surface area contributed by atoms with Gasteiger partial charge in [0.05, 0.1) is 23.6 Å². The SMILES string of the molecule is CCOC(=O)c1nn(-c2cccc(F)c2)c(=O)c2c(NC(=O)C3c4ccccc4Oc4ccccc43)scc12. The quantitative estimate of drug-likeness (QED) is 0.289. The third-order valence-electron chi connectivity index (χ3n) is 6.35. The smallest absolute Gasteiger partial charge is 0.359 e. The van der Waals surface area contributed by atoms with E-state index in [-0.39, 0.29) is 39.7 Å². The van der Waals surface area contributed by atoms with E-state index < -0.39 is 23.3 Å². The van der Waals surface area contributed by atoms with Crippen molar-refractivity contribution in [3.05, 3.63) is 111 Å². The van der Waals surface area contributed by atoms with E-state index in [0.717, 1.165) is 22.1 Å². The van der Waals surface area contributed by atoms with E-state index >= 15 is 0 Å². The summed E-state index contributed by atoms with van der Waals surface area (Å²) in [6.45, 7) is 1.75. The topological polar surface area (TPSA) is 99.5 Å². The van der Waals surface area contributed by atoms with Crippen molar-refractivity contribution >= 4 is 39.0 Å². The fourth-order valence-electron chi connectivity index (χ4n) is 4.65. The molecule has 0 spiro atoms. The number of rotatable bonds is 5. The fourth-order valence-corrected chi connectivity index (χ4v) is 5.59. The third-order valence-corrected chi connectivity index (χ3v) is 7.25. The van der Waals surface area contributed by atoms with Gasteiger partial charge in [0.15, 0.2) is 5.69 Å². The molecule has 1 amide bonds. The molecule has 0 bridgehead atoms. The zero-order valence-corrected chi connectivity index (χ0v) is 21.3. The van der Waals surface area contributed by atoms with Gasteiger partial charge in [-0.05, 0) is 37.3 Å². The molecule has 0 saturated heterocycles. The Morgan fingerprint density at radius 2 is 1.74 bits per heavy atom. The van der Waals surface area contributed by atoms with Crippen molar-refractivity contribution < 1.29 is 23.5 Å². The average Bonchev–Trinajstić information content (AvgIpc) is 3.35. The summed E-state index contributed by atoms with van der Waals surface area (Å²) in [7, 11) is 0. The minimum Gasteiger partial charge on any atom is -0.461 e. The molecule has 0 fully saturated rings. The highest BCUT2D eigenvalue weighted by Gasteiger charge is 2.33. The number of carbonyl (C=O) groups excluding carboxylic acids is 2. The monoisotopic (exact) mass is 541 g/mol. The Morgan fingerprint density at radius 1 is 1.05 bits per heavy atom. The van der Waals surface area contributed by atoms with Crippen LogP contribution in [-0.4, -0.2) is 28.3 Å². The molecule has 10 heteroatoms. The zero-order valence-electron chi connectivity index (χ0n) is 20.5. The number of nitrogens with one attached hydrogen (secondary N) is 1. The van der Waals surface area contributed by atoms with Crippen molar-refractivity contribution in [2.45, 2.75) is 12.8 Å². The van der Waals surface area contributed by atoms with E-state index in [4.69, 9.17) is 9.47 Å². The van der Waals surface area contributed by atoms with Gasteiger partial charge in [0.2, 0.25) is 5.91 Å². The van der Waals surface area contributed by atoms with Gasteiger partial charge in [-0.1, -0.05) is 42.5 Å². The molecule has 0 unspecified atom stereocenters. The number of aromatic nitrogens is 2. The third kappa shape index (κ3) is 4.24. The lowest BCUT2D eigenvalue weighted by Crippen LogP contribution is -2.27. The van der Waals surface area contributed by atoms with Crippen LogP contribution >= 0.6 is 11.3 Å². The predicted molar refractivity (Wildman–Crippen MR) is 145 cm³/mol. The number of amides is 1. The summed E-state index contributed by atoms with van der Waals surface area (Å²) in [5, 5.41) is 9.24. The highest BCUT2D eigenvalue weighted by atomic mass is 32.1. The number of esters is 1. The Hall–Kier alpha value is -4.83. The minimum absolute atomic E-state index is 0.0734. The van der Waals surface area contributed by atoms with Crippen molar-refractivity contribution in [1.82, 2.24) is 9.78 Å². The van der Waals surface area contributed by atoms with Crippen LogP contribution in [0, 0.1) is 5.82 Å². The van der Waals surface area contributed by atoms with Crippen LogP contribution in [0.1, 0.15) is 34.5 Å². The Bertz CT molecular complexity index is 1780. The molecule has 0 radical (unpaired) electrons. The van der Waals surface area contributed by atoms with Gasteiger partial charge in [0.25, 0.3) is 5.56 Å². The van der Waals surface area contributed by atoms with Gasteiger partial charge in [0, 0.05) is 21.9 Å². The summed E-state index contributed by atoms with van der Waals surface area (Å²) in [6, 6.07) is 19.8. The average molecular weight is 542 g/mol. The maximum atomic E-state index is 14.0. The first-order valence-corrected chi connectivity index (χ1v) is 13.0. The number of para-hydroxylation sites is 2. The standard InChI is InChI=1S/C29H20FN3O5S/c1-2-37-29(36)25-20-15-39-27(24(20)28(35)33(32-25)17-9-7-8-16(30)14-17)31-26(34)23-18-10-3-5-12-21(18)38-22-13-6-4-11-19(22)23/h3-15,23H,2H2,1H3,(H,31,34). The van der Waals surface area contributed by atoms with E-state index in [1.807, 2.05) is 36.4 Å². The van der Waals surface area contributed by atoms with Gasteiger partial charge in [-0.25, -0.2) is 9.18 Å². The van der Waals surface area contributed by atoms with Gasteiger partial charge in [-0.15, -0.1) is 11.3 Å². The normalized spacial score (nSPS) is 12.4. The fraction of sp³-hybridized carbons (Fsp3) is 0.103. The van der Waals surface area contributed by atoms with Crippen molar-refractivity contribution in [2.75, 3.05) is 11.9 Å². The largest absolute Gasteiger partial charge is 0.461 e. The van der Waals surface area contributed by atoms with Crippen molar-refractivity contribution in [3.63, 3.8) is 0 Å². The lowest BCUT2D eigenvalue weighted by Gasteiger charge is -2.27. The molecule has 1 N–H and O–H groups in total. The van der Waals surface area contributed by atoms with E-state index in [9.17, 15) is 18.8 Å². The summed E-state index contributed by atoms with van der Waals surface area (Å²) in [5.74, 6) is -1.28. The van der Waals surface area contributed by atoms with Crippen molar-refractivity contribution in [2.24, 2.45) is 0 Å². The van der Waals surface area contributed by atoms with Crippen LogP contribution in [0.3, 0.4) is 0 Å². The first-order chi connectivity index (χ1) is 19.0. The highest BCUT2D eigenvalue weighted by molar-refractivity contribution is 7.16. The number of halogens is 1. The number of nitrogens with zero attached hydrogens (tertiary/aromatic N) is 2. The lowest BCUT2D eigenvalue weighted by molar-refractivity contribution is -0.116. The molecule has 0 atom stereocenters. The summed E-state index contributed by atoms with van der Waals surface area (Å²) < 4.78 is 26.1. The molecule has 5 aromatic rings. The lowest BCUT2D eigenvalue weighted by atomic mass is 9.87. The molecular formula is C29H20FN3O5S. The van der Waals surface area contributed by atoms with Crippen molar-refractivity contribution in [3.8, 4) is 17.2 Å². The number of ether oxygens (including phenoxy) is 2. The van der Waals surface area contributed by atoms with Crippen LogP contribution in [0.25, 0.3) is 16.5 Å². The molecule has 6 rings (SSSR count). The molecule has 39 heavy (non-hydrogen) atoms. The van der Waals surface area contributed by atoms with Crippen LogP contribution in [0.4, 0.5) is 9.39 Å². The van der Waals surface area contributed by atoms with Crippen LogP contribution in [0.2, 0.25) is 0 Å². The Kier molecular flexibility index (Phi) is 6.16. The predicted octanol–water partition coefficient (Wildman–Crippen LogP) is 5.64. The highest BCUT2D eigenvalue weighted by Crippen LogP contribution is 2.44. The van der Waals surface area contributed by atoms with Gasteiger partial charge in [0.1, 0.15) is 22.3 Å². The Morgan fingerprint density at radius 3 is 2.41 bits per heavy atom. The second kappa shape index (κ2) is 9.80. The number of hydrogen-bond acceptors (Lipinski definition) is 7. The molecule has 3 aromatic carbocycles. The molecule has 194 valence electrons. The molecule has 8 nitrogen and oxygen atoms in total. The van der Waals surface area contributed by atoms with Crippen molar-refractivity contribution in [1.29, 1.82) is 0 Å². The molecular weight excluding hydrogens is 521 g/mol. The van der Waals surface area contributed by atoms with E-state index in [1.54, 1.807) is 24.4 Å². The van der Waals surface area contributed by atoms with E-state index in [2.05, 4.69) is 10.4 Å². The van der Waals surface area contributed by atoms with Crippen LogP contribution in [-0.2, 0) is 9.53 Å². The van der Waals surface area contributed by atoms with E-state index in [0.29, 0.717) is 22.6 Å². The summed E-state index contributed by atoms with van der Waals surface area (Å²) in [6.07, 6.45) is 0. The number of carbonyl (C=O) groups is 2. The number of hydrogen-bond donors (Lipinski definition) is 1. The Balaban J connectivity index is 1.49. The number of anilines is 1. The Labute approximate surface area is 225 Å². The maximum Gasteiger partial charge on any atom is 0.359 e. The van der Waals surface area contributed by atoms with Crippen LogP contribution in [0.15, 0.2) is 83.0 Å². The van der Waals surface area contributed by atoms with Gasteiger partial charge >= 0.3 is 5.97 Å². The first kappa shape index (κ1) is 24.5. The molecule has 3 heterocycles. The summed E-state index contributed by atoms with van der Waals surface area (Å²) in [4.78, 5) is 40.3. The van der Waals surface area contributed by atoms with Crippen LogP contribution in [0.5, 0.6) is 11.5 Å². The number of benzene rings is 3. The molecule has 1 aliphatic rings. The number of fused-ring (bicyclic) bond motifs is 3. The molecule has 2 aromatic heterocycles. The summed E-state index contributed by atoms with van der Waals surface area (Å²) in [5.41, 5.74) is 0.756. The minimum atomic E-state index is -0.740. The van der Waals surface area contributed by atoms with Gasteiger partial charge in [-0.2, -0.15) is 9.78 Å². The van der Waals surface area contributed by atoms with Crippen LogP contribution < -0.4 is 15.6 Å². The second-order valence-electron chi connectivity index (χ2n) is 8.72. The van der Waals surface area contributed by atoms with E-state index in [1.165, 1.54) is 18.2 Å². The summed E-state index contributed by atoms with van der Waals surface area (Å²) >= 11 is 1.09. The molecule has 0 aliphatic carbocycles. The van der Waals surface area contributed by atoms with Gasteiger partial charge < -0.3 is 14.8 Å². The number of thiophene rings is 1. The molecule has 0 saturated carbocycles. The molecule has 1 aliphatic heterocycles. The first-order valence-electron chi connectivity index (χ1n) is 12.1. The van der Waals surface area contributed by atoms with Gasteiger partial charge in [-0.3, -0.25) is 9.59 Å². The zero-order chi connectivity index (χ0) is 27.1. The maximum absolute atomic E-state index is 14.0. The second-order valence-corrected chi connectivity index (χ2v) is 9.60.